The van der Waals surface area contributed by atoms with Gasteiger partial charge in [0.05, 0.1) is 16.8 Å². The topological polar surface area (TPSA) is 19.6 Å². The van der Waals surface area contributed by atoms with E-state index < -0.39 is 0 Å². The third kappa shape index (κ3) is 6.17. The Morgan fingerprint density at radius 1 is 0.448 bits per heavy atom. The Balaban J connectivity index is 1.22. The zero-order valence-electron chi connectivity index (χ0n) is 38.7. The molecule has 2 aliphatic heterocycles. The summed E-state index contributed by atoms with van der Waals surface area (Å²) in [4.78, 5) is 5.27. The van der Waals surface area contributed by atoms with Crippen molar-refractivity contribution in [3.8, 4) is 33.4 Å². The highest BCUT2D eigenvalue weighted by Crippen LogP contribution is 2.54. The number of anilines is 5. The number of hydrogen-bond acceptors (Lipinski definition) is 4. The van der Waals surface area contributed by atoms with Gasteiger partial charge in [0.2, 0.25) is 0 Å². The van der Waals surface area contributed by atoms with Gasteiger partial charge >= 0.3 is 6.85 Å². The van der Waals surface area contributed by atoms with Crippen molar-refractivity contribution in [3.63, 3.8) is 0 Å². The minimum atomic E-state index is -0.179. The standard InChI is InChI=1S/C62H49BN2OS/c1-61(2,3)41-26-29-43(30-27-41)65-52-31-25-40(38-17-9-7-10-18-38)33-47(52)49-36-55-58(45-22-13-15-23-54(45)66-55)60-59(49)63(65)50-35-48-44-21-14-16-24-56(44)67-57(48)37-53(50)64(60)51-32-28-42(62(4,5)6)34-46(51)39-19-11-8-12-20-39/h7-37H,1-6H3. The Morgan fingerprint density at radius 3 is 1.85 bits per heavy atom. The van der Waals surface area contributed by atoms with Crippen molar-refractivity contribution in [2.24, 2.45) is 0 Å². The number of nitrogens with zero attached hydrogens (tertiary/aromatic N) is 2. The van der Waals surface area contributed by atoms with Crippen molar-refractivity contribution in [2.45, 2.75) is 52.4 Å². The van der Waals surface area contributed by atoms with Crippen LogP contribution < -0.4 is 20.6 Å². The maximum atomic E-state index is 7.03. The number of para-hydroxylation sites is 1. The molecule has 11 aromatic rings. The molecule has 0 spiro atoms. The molecule has 0 unspecified atom stereocenters. The highest BCUT2D eigenvalue weighted by Gasteiger charge is 2.47. The lowest BCUT2D eigenvalue weighted by Crippen LogP contribution is -2.61. The van der Waals surface area contributed by atoms with E-state index in [1.165, 1.54) is 92.7 Å². The van der Waals surface area contributed by atoms with Crippen molar-refractivity contribution in [3.05, 3.63) is 199 Å². The molecule has 5 heteroatoms. The molecule has 67 heavy (non-hydrogen) atoms. The molecule has 4 heterocycles. The Labute approximate surface area is 396 Å². The van der Waals surface area contributed by atoms with Gasteiger partial charge in [-0.1, -0.05) is 169 Å². The Morgan fingerprint density at radius 2 is 1.10 bits per heavy atom. The van der Waals surface area contributed by atoms with Gasteiger partial charge in [-0.3, -0.25) is 0 Å². The number of furan rings is 1. The van der Waals surface area contributed by atoms with E-state index in [4.69, 9.17) is 4.42 Å². The second kappa shape index (κ2) is 14.6. The minimum Gasteiger partial charge on any atom is -0.456 e. The van der Waals surface area contributed by atoms with Gasteiger partial charge in [0.15, 0.2) is 0 Å². The molecule has 9 aromatic carbocycles. The summed E-state index contributed by atoms with van der Waals surface area (Å²) in [5, 5.41) is 4.83. The van der Waals surface area contributed by atoms with Gasteiger partial charge in [0.1, 0.15) is 11.2 Å². The van der Waals surface area contributed by atoms with Crippen LogP contribution >= 0.6 is 11.3 Å². The smallest absolute Gasteiger partial charge is 0.333 e. The molecule has 0 saturated heterocycles. The van der Waals surface area contributed by atoms with Crippen LogP contribution in [0.2, 0.25) is 0 Å². The maximum Gasteiger partial charge on any atom is 0.333 e. The molecule has 13 rings (SSSR count). The molecular formula is C62H49BN2OS. The largest absolute Gasteiger partial charge is 0.456 e. The first-order valence-electron chi connectivity index (χ1n) is 23.5. The first-order valence-corrected chi connectivity index (χ1v) is 24.3. The zero-order valence-corrected chi connectivity index (χ0v) is 39.5. The molecule has 0 bridgehead atoms. The van der Waals surface area contributed by atoms with E-state index in [9.17, 15) is 0 Å². The van der Waals surface area contributed by atoms with Crippen LogP contribution in [0.15, 0.2) is 192 Å². The van der Waals surface area contributed by atoms with Gasteiger partial charge in [0, 0.05) is 53.7 Å². The van der Waals surface area contributed by atoms with E-state index in [0.717, 1.165) is 33.3 Å². The fourth-order valence-corrected chi connectivity index (χ4v) is 12.1. The molecule has 322 valence electrons. The molecule has 0 saturated carbocycles. The second-order valence-electron chi connectivity index (χ2n) is 20.5. The lowest BCUT2D eigenvalue weighted by atomic mass is 9.43. The summed E-state index contributed by atoms with van der Waals surface area (Å²) in [6.07, 6.45) is 0. The summed E-state index contributed by atoms with van der Waals surface area (Å²) in [7, 11) is 0. The van der Waals surface area contributed by atoms with Crippen molar-refractivity contribution in [1.29, 1.82) is 0 Å². The summed E-state index contributed by atoms with van der Waals surface area (Å²) >= 11 is 1.88. The summed E-state index contributed by atoms with van der Waals surface area (Å²) in [6.45, 7) is 13.7. The molecule has 0 amide bonds. The number of benzene rings is 9. The molecular weight excluding hydrogens is 832 g/mol. The second-order valence-corrected chi connectivity index (χ2v) is 21.6. The van der Waals surface area contributed by atoms with Crippen LogP contribution in [0.4, 0.5) is 28.4 Å². The predicted octanol–water partition coefficient (Wildman–Crippen LogP) is 16.6. The average Bonchev–Trinajstić information content (AvgIpc) is 3.91. The van der Waals surface area contributed by atoms with Gasteiger partial charge < -0.3 is 14.1 Å². The molecule has 0 radical (unpaired) electrons. The van der Waals surface area contributed by atoms with E-state index in [2.05, 4.69) is 239 Å². The van der Waals surface area contributed by atoms with Crippen LogP contribution in [0.5, 0.6) is 0 Å². The quantitative estimate of drug-likeness (QED) is 0.164. The molecule has 0 fully saturated rings. The Kier molecular flexibility index (Phi) is 8.70. The summed E-state index contributed by atoms with van der Waals surface area (Å²) in [5.41, 5.74) is 19.9. The minimum absolute atomic E-state index is 0.0131. The normalized spacial score (nSPS) is 13.4. The first-order chi connectivity index (χ1) is 32.5. The summed E-state index contributed by atoms with van der Waals surface area (Å²) in [6, 6.07) is 70.4. The van der Waals surface area contributed by atoms with E-state index in [0.29, 0.717) is 0 Å². The maximum absolute atomic E-state index is 7.03. The lowest BCUT2D eigenvalue weighted by Gasteiger charge is -2.46. The summed E-state index contributed by atoms with van der Waals surface area (Å²) < 4.78 is 9.60. The first kappa shape index (κ1) is 40.0. The van der Waals surface area contributed by atoms with E-state index in [-0.39, 0.29) is 17.7 Å². The molecule has 2 aliphatic rings. The van der Waals surface area contributed by atoms with Crippen LogP contribution in [-0.2, 0) is 10.8 Å². The van der Waals surface area contributed by atoms with Gasteiger partial charge in [-0.05, 0) is 116 Å². The Hall–Kier alpha value is -7.34. The SMILES string of the molecule is CC(C)(C)c1ccc(N2B3c4cc5c(cc4N(c4ccc(C(C)(C)C)cc4-c4ccccc4)c4c3c(cc3oc6ccccc6c43)-c3cc(-c4ccccc4)ccc32)sc2ccccc25)cc1. The number of rotatable bonds is 4. The van der Waals surface area contributed by atoms with E-state index in [1.807, 2.05) is 11.3 Å². The number of hydrogen-bond donors (Lipinski definition) is 0. The van der Waals surface area contributed by atoms with Crippen molar-refractivity contribution in [1.82, 2.24) is 0 Å². The van der Waals surface area contributed by atoms with E-state index >= 15 is 0 Å². The van der Waals surface area contributed by atoms with Gasteiger partial charge in [-0.2, -0.15) is 0 Å². The monoisotopic (exact) mass is 880 g/mol. The third-order valence-corrected chi connectivity index (χ3v) is 15.5. The Bertz CT molecular complexity index is 3780. The highest BCUT2D eigenvalue weighted by molar-refractivity contribution is 7.26. The molecule has 2 aromatic heterocycles. The lowest BCUT2D eigenvalue weighted by molar-refractivity contribution is 0.590. The molecule has 0 atom stereocenters. The fourth-order valence-electron chi connectivity index (χ4n) is 11.0. The van der Waals surface area contributed by atoms with Crippen LogP contribution in [0.1, 0.15) is 52.7 Å². The van der Waals surface area contributed by atoms with Crippen molar-refractivity contribution < 1.29 is 4.42 Å². The number of thiophene rings is 1. The van der Waals surface area contributed by atoms with Gasteiger partial charge in [-0.25, -0.2) is 0 Å². The fraction of sp³-hybridized carbons (Fsp3) is 0.129. The van der Waals surface area contributed by atoms with Crippen LogP contribution in [0.3, 0.4) is 0 Å². The van der Waals surface area contributed by atoms with Crippen molar-refractivity contribution in [2.75, 3.05) is 9.71 Å². The highest BCUT2D eigenvalue weighted by atomic mass is 32.1. The van der Waals surface area contributed by atoms with E-state index in [1.54, 1.807) is 0 Å². The molecule has 0 N–H and O–H groups in total. The van der Waals surface area contributed by atoms with Crippen LogP contribution in [0, 0.1) is 0 Å². The molecule has 0 aliphatic carbocycles. The third-order valence-electron chi connectivity index (χ3n) is 14.4. The molecule has 3 nitrogen and oxygen atoms in total. The van der Waals surface area contributed by atoms with Gasteiger partial charge in [-0.15, -0.1) is 11.3 Å². The summed E-state index contributed by atoms with van der Waals surface area (Å²) in [5.74, 6) is 0. The number of fused-ring (bicyclic) bond motifs is 11. The predicted molar refractivity (Wildman–Crippen MR) is 289 cm³/mol. The van der Waals surface area contributed by atoms with Crippen molar-refractivity contribution >= 4 is 99.7 Å². The zero-order chi connectivity index (χ0) is 45.3. The van der Waals surface area contributed by atoms with Gasteiger partial charge in [0.25, 0.3) is 0 Å². The average molecular weight is 881 g/mol. The van der Waals surface area contributed by atoms with Crippen LogP contribution in [0.25, 0.3) is 75.5 Å². The van der Waals surface area contributed by atoms with Crippen LogP contribution in [-0.4, -0.2) is 6.85 Å².